The summed E-state index contributed by atoms with van der Waals surface area (Å²) >= 11 is 0. The molecule has 4 nitrogen and oxygen atoms in total. The van der Waals surface area contributed by atoms with Crippen molar-refractivity contribution in [2.24, 2.45) is 11.8 Å². The lowest BCUT2D eigenvalue weighted by Crippen LogP contribution is -2.25. The lowest BCUT2D eigenvalue weighted by Gasteiger charge is -2.02. The van der Waals surface area contributed by atoms with Gasteiger partial charge in [-0.3, -0.25) is 4.79 Å². The number of aliphatic hydroxyl groups excluding tert-OH is 1. The van der Waals surface area contributed by atoms with Crippen LogP contribution in [0.3, 0.4) is 0 Å². The van der Waals surface area contributed by atoms with Crippen molar-refractivity contribution < 1.29 is 9.90 Å². The maximum absolute atomic E-state index is 12.0. The predicted molar refractivity (Wildman–Crippen MR) is 73.9 cm³/mol. The van der Waals surface area contributed by atoms with Crippen LogP contribution in [0, 0.1) is 11.8 Å². The van der Waals surface area contributed by atoms with Crippen LogP contribution in [0.4, 0.5) is 0 Å². The average molecular weight is 258 g/mol. The number of aliphatic hydroxyl groups is 1. The van der Waals surface area contributed by atoms with Gasteiger partial charge >= 0.3 is 0 Å². The first-order valence-corrected chi connectivity index (χ1v) is 6.74. The maximum atomic E-state index is 12.0. The third-order valence-corrected chi connectivity index (χ3v) is 3.88. The Balaban J connectivity index is 1.55. The Morgan fingerprint density at radius 2 is 2.21 bits per heavy atom. The number of aromatic amines is 1. The highest BCUT2D eigenvalue weighted by atomic mass is 16.3. The molecule has 0 aliphatic heterocycles. The normalized spacial score (nSPS) is 21.5. The zero-order valence-corrected chi connectivity index (χ0v) is 10.7. The number of carbonyl (C=O) groups is 1. The van der Waals surface area contributed by atoms with Gasteiger partial charge in [-0.05, 0) is 36.8 Å². The first kappa shape index (κ1) is 12.2. The van der Waals surface area contributed by atoms with Gasteiger partial charge in [-0.2, -0.15) is 0 Å². The van der Waals surface area contributed by atoms with Gasteiger partial charge in [0.1, 0.15) is 5.69 Å². The smallest absolute Gasteiger partial charge is 0.267 e. The molecule has 1 fully saturated rings. The van der Waals surface area contributed by atoms with Gasteiger partial charge in [0.05, 0.1) is 0 Å². The summed E-state index contributed by atoms with van der Waals surface area (Å²) in [5, 5.41) is 12.9. The predicted octanol–water partition coefficient (Wildman–Crippen LogP) is 1.92. The molecule has 0 saturated heterocycles. The Morgan fingerprint density at radius 3 is 2.95 bits per heavy atom. The topological polar surface area (TPSA) is 65.1 Å². The van der Waals surface area contributed by atoms with Crippen LogP contribution in [0.1, 0.15) is 23.3 Å². The van der Waals surface area contributed by atoms with Crippen molar-refractivity contribution in [3.8, 4) is 0 Å². The van der Waals surface area contributed by atoms with Crippen molar-refractivity contribution in [1.82, 2.24) is 10.3 Å². The van der Waals surface area contributed by atoms with E-state index in [1.807, 2.05) is 30.3 Å². The molecule has 3 N–H and O–H groups in total. The summed E-state index contributed by atoms with van der Waals surface area (Å²) in [5.74, 6) is 0.996. The number of nitrogens with one attached hydrogen (secondary N) is 2. The number of carbonyl (C=O) groups excluding carboxylic acids is 1. The molecule has 2 aromatic rings. The molecule has 3 rings (SSSR count). The number of benzene rings is 1. The van der Waals surface area contributed by atoms with E-state index < -0.39 is 0 Å². The number of fused-ring (bicyclic) bond motifs is 1. The summed E-state index contributed by atoms with van der Waals surface area (Å²) in [6.45, 7) is 0.954. The molecule has 0 spiro atoms. The number of para-hydroxylation sites is 1. The molecule has 1 aromatic carbocycles. The number of hydrogen-bond donors (Lipinski definition) is 3. The molecule has 0 unspecified atom stereocenters. The highest BCUT2D eigenvalue weighted by Gasteiger charge is 2.35. The number of H-pyrrole nitrogens is 1. The van der Waals surface area contributed by atoms with Crippen LogP contribution in [-0.4, -0.2) is 29.1 Å². The van der Waals surface area contributed by atoms with Crippen molar-refractivity contribution >= 4 is 16.8 Å². The first-order chi connectivity index (χ1) is 9.28. The van der Waals surface area contributed by atoms with E-state index >= 15 is 0 Å². The van der Waals surface area contributed by atoms with Gasteiger partial charge in [-0.1, -0.05) is 18.2 Å². The van der Waals surface area contributed by atoms with Crippen molar-refractivity contribution in [3.63, 3.8) is 0 Å². The van der Waals surface area contributed by atoms with Gasteiger partial charge in [-0.15, -0.1) is 0 Å². The second-order valence-electron chi connectivity index (χ2n) is 5.25. The molecule has 19 heavy (non-hydrogen) atoms. The van der Waals surface area contributed by atoms with Crippen LogP contribution in [0.2, 0.25) is 0 Å². The summed E-state index contributed by atoms with van der Waals surface area (Å²) < 4.78 is 0. The van der Waals surface area contributed by atoms with Gasteiger partial charge < -0.3 is 15.4 Å². The molecule has 0 bridgehead atoms. The second kappa shape index (κ2) is 5.05. The molecule has 1 saturated carbocycles. The molecular weight excluding hydrogens is 240 g/mol. The van der Waals surface area contributed by atoms with Crippen LogP contribution in [0.25, 0.3) is 10.9 Å². The molecule has 100 valence electrons. The fourth-order valence-corrected chi connectivity index (χ4v) is 2.55. The van der Waals surface area contributed by atoms with Crippen LogP contribution in [-0.2, 0) is 0 Å². The van der Waals surface area contributed by atoms with Crippen LogP contribution < -0.4 is 5.32 Å². The Kier molecular flexibility index (Phi) is 3.25. The summed E-state index contributed by atoms with van der Waals surface area (Å²) in [5.41, 5.74) is 1.59. The van der Waals surface area contributed by atoms with Crippen molar-refractivity contribution in [3.05, 3.63) is 36.0 Å². The Bertz CT molecular complexity index is 558. The summed E-state index contributed by atoms with van der Waals surface area (Å²) in [6.07, 6.45) is 2.05. The lowest BCUT2D eigenvalue weighted by molar-refractivity contribution is 0.0948. The minimum absolute atomic E-state index is 0.0580. The highest BCUT2D eigenvalue weighted by Crippen LogP contribution is 2.40. The fourth-order valence-electron chi connectivity index (χ4n) is 2.55. The van der Waals surface area contributed by atoms with E-state index in [9.17, 15) is 4.79 Å². The average Bonchev–Trinajstić information content (AvgIpc) is 3.05. The molecule has 1 aliphatic carbocycles. The molecule has 1 amide bonds. The molecule has 1 aliphatic rings. The number of aromatic nitrogens is 1. The van der Waals surface area contributed by atoms with E-state index in [1.54, 1.807) is 0 Å². The van der Waals surface area contributed by atoms with Gasteiger partial charge in [0.15, 0.2) is 0 Å². The maximum Gasteiger partial charge on any atom is 0.267 e. The van der Waals surface area contributed by atoms with E-state index in [-0.39, 0.29) is 12.5 Å². The number of rotatable bonds is 5. The summed E-state index contributed by atoms with van der Waals surface area (Å²) in [6, 6.07) is 9.72. The Hall–Kier alpha value is -1.81. The third kappa shape index (κ3) is 2.63. The monoisotopic (exact) mass is 258 g/mol. The molecular formula is C15H18N2O2. The van der Waals surface area contributed by atoms with Crippen LogP contribution >= 0.6 is 0 Å². The van der Waals surface area contributed by atoms with E-state index in [1.165, 1.54) is 0 Å². The first-order valence-electron chi connectivity index (χ1n) is 6.74. The van der Waals surface area contributed by atoms with E-state index in [0.717, 1.165) is 23.7 Å². The largest absolute Gasteiger partial charge is 0.396 e. The van der Waals surface area contributed by atoms with Gasteiger partial charge in [-0.25, -0.2) is 0 Å². The van der Waals surface area contributed by atoms with E-state index in [4.69, 9.17) is 5.11 Å². The number of hydrogen-bond acceptors (Lipinski definition) is 2. The molecule has 1 aromatic heterocycles. The minimum atomic E-state index is -0.0580. The summed E-state index contributed by atoms with van der Waals surface area (Å²) in [4.78, 5) is 15.1. The van der Waals surface area contributed by atoms with E-state index in [2.05, 4.69) is 10.3 Å². The van der Waals surface area contributed by atoms with Crippen LogP contribution in [0.15, 0.2) is 30.3 Å². The zero-order valence-electron chi connectivity index (χ0n) is 10.7. The fraction of sp³-hybridized carbons (Fsp3) is 0.400. The van der Waals surface area contributed by atoms with E-state index in [0.29, 0.717) is 24.1 Å². The zero-order chi connectivity index (χ0) is 13.2. The van der Waals surface area contributed by atoms with Crippen molar-refractivity contribution in [2.45, 2.75) is 12.8 Å². The Morgan fingerprint density at radius 1 is 1.37 bits per heavy atom. The van der Waals surface area contributed by atoms with Gasteiger partial charge in [0.25, 0.3) is 5.91 Å². The van der Waals surface area contributed by atoms with Crippen molar-refractivity contribution in [2.75, 3.05) is 13.2 Å². The summed E-state index contributed by atoms with van der Waals surface area (Å²) in [7, 11) is 0. The molecule has 1 heterocycles. The SMILES string of the molecule is O=C(NCC[C@@H]1C[C@H]1CO)c1cc2ccccc2[nH]1. The Labute approximate surface area is 111 Å². The highest BCUT2D eigenvalue weighted by molar-refractivity contribution is 5.97. The minimum Gasteiger partial charge on any atom is -0.396 e. The third-order valence-electron chi connectivity index (χ3n) is 3.88. The van der Waals surface area contributed by atoms with Gasteiger partial charge in [0.2, 0.25) is 0 Å². The standard InChI is InChI=1S/C15H18N2O2/c18-9-12-7-10(12)5-6-16-15(19)14-8-11-3-1-2-4-13(11)17-14/h1-4,8,10,12,17-18H,5-7,9H2,(H,16,19)/t10-,12+/m1/s1. The van der Waals surface area contributed by atoms with Gasteiger partial charge in [0, 0.05) is 24.1 Å². The molecule has 4 heteroatoms. The number of amides is 1. The molecule has 2 atom stereocenters. The second-order valence-corrected chi connectivity index (χ2v) is 5.25. The van der Waals surface area contributed by atoms with Crippen molar-refractivity contribution in [1.29, 1.82) is 0 Å². The van der Waals surface area contributed by atoms with Crippen LogP contribution in [0.5, 0.6) is 0 Å². The lowest BCUT2D eigenvalue weighted by atomic mass is 10.2. The molecule has 0 radical (unpaired) electrons. The quantitative estimate of drug-likeness (QED) is 0.767.